The van der Waals surface area contributed by atoms with Crippen LogP contribution in [0.1, 0.15) is 36.8 Å². The van der Waals surface area contributed by atoms with Gasteiger partial charge in [-0.2, -0.15) is 10.4 Å². The number of rotatable bonds is 3. The van der Waals surface area contributed by atoms with Crippen molar-refractivity contribution >= 4 is 5.69 Å². The van der Waals surface area contributed by atoms with E-state index in [2.05, 4.69) is 16.0 Å². The second-order valence-corrected chi connectivity index (χ2v) is 7.60. The highest BCUT2D eigenvalue weighted by atomic mass is 19.1. The molecule has 10 heteroatoms. The summed E-state index contributed by atoms with van der Waals surface area (Å²) in [5.41, 5.74) is 11.9. The number of anilines is 1. The number of aryl methyl sites for hydroxylation is 1. The predicted molar refractivity (Wildman–Crippen MR) is 108 cm³/mol. The monoisotopic (exact) mass is 409 g/mol. The van der Waals surface area contributed by atoms with Gasteiger partial charge in [-0.1, -0.05) is 6.07 Å². The van der Waals surface area contributed by atoms with Crippen molar-refractivity contribution in [1.82, 2.24) is 19.8 Å². The number of hydrogen-bond acceptors (Lipinski definition) is 7. The van der Waals surface area contributed by atoms with Gasteiger partial charge in [-0.3, -0.25) is 14.0 Å². The highest BCUT2D eigenvalue weighted by Crippen LogP contribution is 2.35. The van der Waals surface area contributed by atoms with Crippen LogP contribution in [0.5, 0.6) is 0 Å². The number of hydrogen-bond donors (Lipinski definition) is 4. The molecule has 1 aromatic carbocycles. The Labute approximate surface area is 171 Å². The third kappa shape index (κ3) is 2.96. The molecule has 4 rings (SSSR count). The molecular weight excluding hydrogens is 389 g/mol. The number of nitrogens with one attached hydrogen (secondary N) is 2. The SMILES string of the molecule is Cn1nc(-c2cn(-c3c(F)cccc3C#N)c(=O)c3c2NNC3N)cc1C(C)(C)O. The third-order valence-electron chi connectivity index (χ3n) is 5.04. The van der Waals surface area contributed by atoms with Crippen LogP contribution in [0.15, 0.2) is 35.3 Å². The summed E-state index contributed by atoms with van der Waals surface area (Å²) in [6, 6.07) is 7.62. The largest absolute Gasteiger partial charge is 0.384 e. The Bertz CT molecular complexity index is 1260. The number of pyridine rings is 1. The first-order valence-electron chi connectivity index (χ1n) is 9.16. The number of nitrogens with zero attached hydrogens (tertiary/aromatic N) is 4. The Hall–Kier alpha value is -3.52. The predicted octanol–water partition coefficient (Wildman–Crippen LogP) is 1.36. The van der Waals surface area contributed by atoms with Crippen LogP contribution in [0.3, 0.4) is 0 Å². The fourth-order valence-electron chi connectivity index (χ4n) is 3.66. The van der Waals surface area contributed by atoms with Crippen LogP contribution >= 0.6 is 0 Å². The zero-order chi connectivity index (χ0) is 21.8. The van der Waals surface area contributed by atoms with Gasteiger partial charge in [0.25, 0.3) is 5.56 Å². The lowest BCUT2D eigenvalue weighted by molar-refractivity contribution is 0.0696. The van der Waals surface area contributed by atoms with Crippen LogP contribution in [0.25, 0.3) is 16.9 Å². The van der Waals surface area contributed by atoms with Gasteiger partial charge in [0.2, 0.25) is 0 Å². The smallest absolute Gasteiger partial charge is 0.263 e. The third-order valence-corrected chi connectivity index (χ3v) is 5.04. The van der Waals surface area contributed by atoms with Crippen molar-refractivity contribution in [3.63, 3.8) is 0 Å². The maximum absolute atomic E-state index is 14.7. The number of aromatic nitrogens is 3. The Morgan fingerprint density at radius 1 is 1.40 bits per heavy atom. The summed E-state index contributed by atoms with van der Waals surface area (Å²) < 4.78 is 17.3. The van der Waals surface area contributed by atoms with Gasteiger partial charge in [-0.15, -0.1) is 0 Å². The van der Waals surface area contributed by atoms with E-state index in [0.29, 0.717) is 22.6 Å². The summed E-state index contributed by atoms with van der Waals surface area (Å²) in [6.07, 6.45) is 0.581. The number of aliphatic hydroxyl groups is 1. The number of halogens is 1. The molecule has 3 heterocycles. The van der Waals surface area contributed by atoms with Crippen molar-refractivity contribution in [2.24, 2.45) is 12.8 Å². The van der Waals surface area contributed by atoms with Crippen molar-refractivity contribution < 1.29 is 9.50 Å². The van der Waals surface area contributed by atoms with Crippen LogP contribution in [0.4, 0.5) is 10.1 Å². The summed E-state index contributed by atoms with van der Waals surface area (Å²) in [5, 5.41) is 24.3. The fraction of sp³-hybridized carbons (Fsp3) is 0.250. The number of benzene rings is 1. The highest BCUT2D eigenvalue weighted by Gasteiger charge is 2.30. The van der Waals surface area contributed by atoms with Crippen molar-refractivity contribution in [2.45, 2.75) is 25.6 Å². The van der Waals surface area contributed by atoms with E-state index in [-0.39, 0.29) is 16.8 Å². The first-order valence-corrected chi connectivity index (χ1v) is 9.16. The normalized spacial score (nSPS) is 15.6. The fourth-order valence-corrected chi connectivity index (χ4v) is 3.66. The summed E-state index contributed by atoms with van der Waals surface area (Å²) in [7, 11) is 1.69. The van der Waals surface area contributed by atoms with Crippen molar-refractivity contribution in [3.05, 3.63) is 63.5 Å². The lowest BCUT2D eigenvalue weighted by Crippen LogP contribution is -2.31. The molecular formula is C20H20FN7O2. The quantitative estimate of drug-likeness (QED) is 0.513. The van der Waals surface area contributed by atoms with E-state index in [1.807, 2.05) is 6.07 Å². The van der Waals surface area contributed by atoms with E-state index in [1.165, 1.54) is 29.1 Å². The molecule has 154 valence electrons. The Morgan fingerprint density at radius 2 is 2.13 bits per heavy atom. The molecule has 0 amide bonds. The second kappa shape index (κ2) is 6.77. The molecule has 3 aromatic rings. The zero-order valence-corrected chi connectivity index (χ0v) is 16.6. The lowest BCUT2D eigenvalue weighted by atomic mass is 10.0. The van der Waals surface area contributed by atoms with Crippen molar-refractivity contribution in [1.29, 1.82) is 5.26 Å². The van der Waals surface area contributed by atoms with Gasteiger partial charge in [0.05, 0.1) is 28.2 Å². The minimum Gasteiger partial charge on any atom is -0.384 e. The van der Waals surface area contributed by atoms with Crippen LogP contribution < -0.4 is 22.1 Å². The molecule has 9 nitrogen and oxygen atoms in total. The van der Waals surface area contributed by atoms with Crippen LogP contribution in [-0.2, 0) is 12.6 Å². The van der Waals surface area contributed by atoms with E-state index < -0.39 is 23.1 Å². The van der Waals surface area contributed by atoms with Crippen molar-refractivity contribution in [2.75, 3.05) is 5.43 Å². The molecule has 1 atom stereocenters. The Balaban J connectivity index is 2.05. The minimum absolute atomic E-state index is 0.00804. The molecule has 2 aromatic heterocycles. The van der Waals surface area contributed by atoms with E-state index in [0.717, 1.165) is 4.57 Å². The lowest BCUT2D eigenvalue weighted by Gasteiger charge is -2.16. The molecule has 0 aliphatic carbocycles. The zero-order valence-electron chi connectivity index (χ0n) is 16.6. The molecule has 0 bridgehead atoms. The average molecular weight is 409 g/mol. The average Bonchev–Trinajstić information content (AvgIpc) is 3.26. The molecule has 0 saturated heterocycles. The maximum Gasteiger partial charge on any atom is 0.263 e. The molecule has 0 radical (unpaired) electrons. The number of nitrogens with two attached hydrogens (primary N) is 1. The standard InChI is InChI=1S/C20H20FN7O2/c1-20(2,30)14-7-13(26-27(14)3)11-9-28(17-10(8-22)5-4-6-12(17)21)19(29)15-16(11)24-25-18(15)23/h4-7,9,18,24-25,30H,23H2,1-3H3. The van der Waals surface area contributed by atoms with E-state index in [1.54, 1.807) is 27.0 Å². The number of nitriles is 1. The second-order valence-electron chi connectivity index (χ2n) is 7.60. The van der Waals surface area contributed by atoms with Gasteiger partial charge in [0, 0.05) is 18.8 Å². The summed E-state index contributed by atoms with van der Waals surface area (Å²) in [5.74, 6) is -0.715. The van der Waals surface area contributed by atoms with Crippen LogP contribution in [0, 0.1) is 17.1 Å². The van der Waals surface area contributed by atoms with Gasteiger partial charge in [0.1, 0.15) is 29.3 Å². The van der Waals surface area contributed by atoms with Gasteiger partial charge >= 0.3 is 0 Å². The minimum atomic E-state index is -1.15. The van der Waals surface area contributed by atoms with E-state index in [9.17, 15) is 19.6 Å². The molecule has 1 unspecified atom stereocenters. The Kier molecular flexibility index (Phi) is 4.47. The maximum atomic E-state index is 14.7. The summed E-state index contributed by atoms with van der Waals surface area (Å²) in [6.45, 7) is 3.26. The van der Waals surface area contributed by atoms with Crippen LogP contribution in [0.2, 0.25) is 0 Å². The highest BCUT2D eigenvalue weighted by molar-refractivity contribution is 5.79. The van der Waals surface area contributed by atoms with Gasteiger partial charge in [0.15, 0.2) is 0 Å². The Morgan fingerprint density at radius 3 is 2.77 bits per heavy atom. The van der Waals surface area contributed by atoms with Crippen LogP contribution in [-0.4, -0.2) is 19.5 Å². The van der Waals surface area contributed by atoms with Gasteiger partial charge < -0.3 is 16.3 Å². The van der Waals surface area contributed by atoms with E-state index >= 15 is 0 Å². The van der Waals surface area contributed by atoms with Gasteiger partial charge in [-0.05, 0) is 32.0 Å². The molecule has 1 aliphatic heterocycles. The summed E-state index contributed by atoms with van der Waals surface area (Å²) >= 11 is 0. The van der Waals surface area contributed by atoms with Crippen molar-refractivity contribution in [3.8, 4) is 23.0 Å². The molecule has 0 fully saturated rings. The molecule has 30 heavy (non-hydrogen) atoms. The first kappa shape index (κ1) is 19.8. The van der Waals surface area contributed by atoms with E-state index in [4.69, 9.17) is 5.73 Å². The summed E-state index contributed by atoms with van der Waals surface area (Å²) in [4.78, 5) is 13.2. The molecule has 5 N–H and O–H groups in total. The molecule has 1 aliphatic rings. The number of fused-ring (bicyclic) bond motifs is 1. The topological polar surface area (TPSA) is 134 Å². The number of hydrazine groups is 1. The molecule has 0 saturated carbocycles. The van der Waals surface area contributed by atoms with Gasteiger partial charge in [-0.25, -0.2) is 9.82 Å². The first-order chi connectivity index (χ1) is 14.1. The number of para-hydroxylation sites is 1. The molecule has 0 spiro atoms.